The van der Waals surface area contributed by atoms with Crippen molar-refractivity contribution in [2.75, 3.05) is 19.6 Å². The number of piperidine rings is 1. The fourth-order valence-corrected chi connectivity index (χ4v) is 1.95. The molecule has 0 amide bonds. The predicted octanol–water partition coefficient (Wildman–Crippen LogP) is 2.80. The van der Waals surface area contributed by atoms with Gasteiger partial charge in [-0.25, -0.2) is 8.78 Å². The van der Waals surface area contributed by atoms with Crippen molar-refractivity contribution in [2.24, 2.45) is 0 Å². The van der Waals surface area contributed by atoms with Crippen LogP contribution in [0.5, 0.6) is 0 Å². The number of likely N-dealkylation sites (tertiary alicyclic amines) is 1. The van der Waals surface area contributed by atoms with E-state index in [0.717, 1.165) is 32.4 Å². The maximum atomic E-state index is 13.0. The summed E-state index contributed by atoms with van der Waals surface area (Å²) in [6, 6.07) is 2.09. The maximum absolute atomic E-state index is 13.0. The lowest BCUT2D eigenvalue weighted by Crippen LogP contribution is -2.42. The number of halogens is 2. The number of hydrogen-bond donors (Lipinski definition) is 0. The second kappa shape index (κ2) is 6.02. The molecule has 1 heterocycles. The molecule has 0 radical (unpaired) electrons. The summed E-state index contributed by atoms with van der Waals surface area (Å²) in [6.07, 6.45) is 4.01. The predicted molar refractivity (Wildman–Crippen MR) is 54.7 cm³/mol. The van der Waals surface area contributed by atoms with Crippen molar-refractivity contribution in [1.29, 1.82) is 5.26 Å². The van der Waals surface area contributed by atoms with Crippen molar-refractivity contribution in [2.45, 2.75) is 44.4 Å². The summed E-state index contributed by atoms with van der Waals surface area (Å²) in [6.45, 7) is 1.47. The molecule has 0 unspecified atom stereocenters. The van der Waals surface area contributed by atoms with Crippen molar-refractivity contribution >= 4 is 0 Å². The number of nitrogens with zero attached hydrogens (tertiary/aromatic N) is 2. The maximum Gasteiger partial charge on any atom is 0.260 e. The first-order valence-corrected chi connectivity index (χ1v) is 5.61. The van der Waals surface area contributed by atoms with E-state index >= 15 is 0 Å². The molecule has 0 saturated carbocycles. The Bertz CT molecular complexity index is 223. The van der Waals surface area contributed by atoms with Crippen molar-refractivity contribution < 1.29 is 8.78 Å². The molecule has 0 atom stereocenters. The minimum Gasteiger partial charge on any atom is -0.297 e. The van der Waals surface area contributed by atoms with Gasteiger partial charge in [-0.05, 0) is 32.4 Å². The molecule has 0 bridgehead atoms. The fourth-order valence-electron chi connectivity index (χ4n) is 1.95. The largest absolute Gasteiger partial charge is 0.297 e. The minimum absolute atomic E-state index is 0.0396. The van der Waals surface area contributed by atoms with E-state index in [-0.39, 0.29) is 13.0 Å². The van der Waals surface area contributed by atoms with Gasteiger partial charge in [0.1, 0.15) is 0 Å². The molecule has 1 fully saturated rings. The van der Waals surface area contributed by atoms with Crippen LogP contribution in [0.15, 0.2) is 0 Å². The highest BCUT2D eigenvalue weighted by Crippen LogP contribution is 2.26. The first-order chi connectivity index (χ1) is 7.14. The van der Waals surface area contributed by atoms with Gasteiger partial charge in [0.25, 0.3) is 5.92 Å². The zero-order chi connectivity index (χ0) is 11.1. The first kappa shape index (κ1) is 12.4. The van der Waals surface area contributed by atoms with Crippen LogP contribution in [0, 0.1) is 11.3 Å². The summed E-state index contributed by atoms with van der Waals surface area (Å²) < 4.78 is 26.0. The van der Waals surface area contributed by atoms with Crippen LogP contribution >= 0.6 is 0 Å². The Hall–Kier alpha value is -0.690. The molecule has 0 spiro atoms. The summed E-state index contributed by atoms with van der Waals surface area (Å²) in [7, 11) is 0. The van der Waals surface area contributed by atoms with Crippen molar-refractivity contribution in [3.63, 3.8) is 0 Å². The monoisotopic (exact) mass is 216 g/mol. The summed E-state index contributed by atoms with van der Waals surface area (Å²) in [5.41, 5.74) is 0. The molecule has 0 aromatic carbocycles. The number of alkyl halides is 2. The van der Waals surface area contributed by atoms with Crippen LogP contribution in [-0.2, 0) is 0 Å². The third kappa shape index (κ3) is 5.08. The van der Waals surface area contributed by atoms with Gasteiger partial charge in [-0.15, -0.1) is 0 Å². The standard InChI is InChI=1S/C11H18F2N2/c12-11(13)6-5-9-15(10-11)8-4-2-1-3-7-14/h1-6,8-10H2. The fraction of sp³-hybridized carbons (Fsp3) is 0.909. The topological polar surface area (TPSA) is 27.0 Å². The molecule has 86 valence electrons. The van der Waals surface area contributed by atoms with Gasteiger partial charge in [0.2, 0.25) is 0 Å². The lowest BCUT2D eigenvalue weighted by molar-refractivity contribution is -0.0640. The quantitative estimate of drug-likeness (QED) is 0.661. The Morgan fingerprint density at radius 1 is 1.27 bits per heavy atom. The van der Waals surface area contributed by atoms with Gasteiger partial charge in [0, 0.05) is 12.8 Å². The van der Waals surface area contributed by atoms with E-state index in [9.17, 15) is 8.78 Å². The third-order valence-electron chi connectivity index (χ3n) is 2.73. The SMILES string of the molecule is N#CCCCCCN1CCCC(F)(F)C1. The van der Waals surface area contributed by atoms with E-state index < -0.39 is 5.92 Å². The average molecular weight is 216 g/mol. The van der Waals surface area contributed by atoms with Crippen LogP contribution in [0.1, 0.15) is 38.5 Å². The van der Waals surface area contributed by atoms with Crippen LogP contribution in [0.4, 0.5) is 8.78 Å². The molecule has 0 aromatic heterocycles. The Morgan fingerprint density at radius 2 is 2.07 bits per heavy atom. The molecule has 0 aliphatic carbocycles. The summed E-state index contributed by atoms with van der Waals surface area (Å²) >= 11 is 0. The third-order valence-corrected chi connectivity index (χ3v) is 2.73. The average Bonchev–Trinajstić information content (AvgIpc) is 2.16. The van der Waals surface area contributed by atoms with Crippen LogP contribution < -0.4 is 0 Å². The van der Waals surface area contributed by atoms with Gasteiger partial charge >= 0.3 is 0 Å². The highest BCUT2D eigenvalue weighted by atomic mass is 19.3. The van der Waals surface area contributed by atoms with Crippen LogP contribution in [0.2, 0.25) is 0 Å². The smallest absolute Gasteiger partial charge is 0.260 e. The van der Waals surface area contributed by atoms with Gasteiger partial charge in [0.05, 0.1) is 12.6 Å². The summed E-state index contributed by atoms with van der Waals surface area (Å²) in [4.78, 5) is 1.84. The Kier molecular flexibility index (Phi) is 4.97. The molecular formula is C11H18F2N2. The van der Waals surface area contributed by atoms with E-state index in [1.165, 1.54) is 0 Å². The number of rotatable bonds is 5. The molecule has 4 heteroatoms. The van der Waals surface area contributed by atoms with Gasteiger partial charge in [-0.3, -0.25) is 4.90 Å². The number of nitriles is 1. The molecule has 2 nitrogen and oxygen atoms in total. The Labute approximate surface area is 89.9 Å². The minimum atomic E-state index is -2.48. The van der Waals surface area contributed by atoms with Crippen LogP contribution in [0.3, 0.4) is 0 Å². The normalized spacial score (nSPS) is 21.1. The van der Waals surface area contributed by atoms with E-state index in [2.05, 4.69) is 6.07 Å². The van der Waals surface area contributed by atoms with Gasteiger partial charge in [-0.2, -0.15) is 5.26 Å². The lowest BCUT2D eigenvalue weighted by Gasteiger charge is -2.32. The van der Waals surface area contributed by atoms with Gasteiger partial charge in [-0.1, -0.05) is 6.42 Å². The van der Waals surface area contributed by atoms with Crippen molar-refractivity contribution in [3.8, 4) is 6.07 Å². The Balaban J connectivity index is 2.08. The molecular weight excluding hydrogens is 198 g/mol. The van der Waals surface area contributed by atoms with Crippen LogP contribution in [-0.4, -0.2) is 30.5 Å². The molecule has 1 saturated heterocycles. The van der Waals surface area contributed by atoms with E-state index in [1.54, 1.807) is 0 Å². The zero-order valence-corrected chi connectivity index (χ0v) is 9.01. The molecule has 0 aromatic rings. The van der Waals surface area contributed by atoms with Crippen molar-refractivity contribution in [3.05, 3.63) is 0 Å². The highest BCUT2D eigenvalue weighted by molar-refractivity contribution is 4.78. The van der Waals surface area contributed by atoms with E-state index in [0.29, 0.717) is 12.8 Å². The second-order valence-electron chi connectivity index (χ2n) is 4.20. The lowest BCUT2D eigenvalue weighted by atomic mass is 10.1. The molecule has 1 rings (SSSR count). The van der Waals surface area contributed by atoms with Crippen LogP contribution in [0.25, 0.3) is 0 Å². The summed E-state index contributed by atoms with van der Waals surface area (Å²) in [5.74, 6) is -2.48. The van der Waals surface area contributed by atoms with E-state index in [4.69, 9.17) is 5.26 Å². The molecule has 1 aliphatic rings. The van der Waals surface area contributed by atoms with E-state index in [1.807, 2.05) is 4.90 Å². The number of unbranched alkanes of at least 4 members (excludes halogenated alkanes) is 3. The molecule has 15 heavy (non-hydrogen) atoms. The van der Waals surface area contributed by atoms with Gasteiger partial charge < -0.3 is 0 Å². The number of hydrogen-bond acceptors (Lipinski definition) is 2. The van der Waals surface area contributed by atoms with Crippen molar-refractivity contribution in [1.82, 2.24) is 4.90 Å². The van der Waals surface area contributed by atoms with Gasteiger partial charge in [0.15, 0.2) is 0 Å². The zero-order valence-electron chi connectivity index (χ0n) is 9.01. The highest BCUT2D eigenvalue weighted by Gasteiger charge is 2.34. The molecule has 0 N–H and O–H groups in total. The Morgan fingerprint density at radius 3 is 2.73 bits per heavy atom. The summed E-state index contributed by atoms with van der Waals surface area (Å²) in [5, 5.41) is 8.32. The molecule has 1 aliphatic heterocycles. The first-order valence-electron chi connectivity index (χ1n) is 5.61. The second-order valence-corrected chi connectivity index (χ2v) is 4.20.